The molecule has 0 saturated carbocycles. The lowest BCUT2D eigenvalue weighted by molar-refractivity contribution is 0.795. The fourth-order valence-corrected chi connectivity index (χ4v) is 2.11. The lowest BCUT2D eigenvalue weighted by Gasteiger charge is -2.17. The first-order valence-electron chi connectivity index (χ1n) is 5.53. The Balaban J connectivity index is 2.72. The zero-order valence-corrected chi connectivity index (χ0v) is 11.0. The van der Waals surface area contributed by atoms with Gasteiger partial charge in [-0.1, -0.05) is 23.7 Å². The highest BCUT2D eigenvalue weighted by Gasteiger charge is 2.09. The maximum atomic E-state index is 6.20. The zero-order valence-electron chi connectivity index (χ0n) is 10.3. The highest BCUT2D eigenvalue weighted by Crippen LogP contribution is 2.29. The van der Waals surface area contributed by atoms with Crippen LogP contribution in [0.15, 0.2) is 24.3 Å². The van der Waals surface area contributed by atoms with Crippen molar-refractivity contribution >= 4 is 28.2 Å². The van der Waals surface area contributed by atoms with Crippen molar-refractivity contribution < 1.29 is 0 Å². The first kappa shape index (κ1) is 12.1. The van der Waals surface area contributed by atoms with Crippen LogP contribution >= 0.6 is 11.6 Å². The third kappa shape index (κ3) is 2.35. The van der Waals surface area contributed by atoms with Gasteiger partial charge in [0, 0.05) is 31.7 Å². The Kier molecular flexibility index (Phi) is 3.50. The minimum Gasteiger partial charge on any atom is -0.377 e. The molecule has 0 atom stereocenters. The molecule has 0 spiro atoms. The van der Waals surface area contributed by atoms with Crippen LogP contribution in [0, 0.1) is 0 Å². The van der Waals surface area contributed by atoms with Crippen LogP contribution in [0.5, 0.6) is 0 Å². The summed E-state index contributed by atoms with van der Waals surface area (Å²) in [7, 11) is 5.96. The molecule has 1 aromatic heterocycles. The number of aromatic nitrogens is 1. The van der Waals surface area contributed by atoms with Crippen molar-refractivity contribution in [2.75, 3.05) is 26.0 Å². The second kappa shape index (κ2) is 4.90. The number of pyridine rings is 1. The van der Waals surface area contributed by atoms with Gasteiger partial charge >= 0.3 is 0 Å². The average Bonchev–Trinajstić information content (AvgIpc) is 2.29. The van der Waals surface area contributed by atoms with Crippen molar-refractivity contribution in [1.29, 1.82) is 0 Å². The van der Waals surface area contributed by atoms with Crippen LogP contribution in [0.4, 0.5) is 5.69 Å². The molecule has 0 aliphatic heterocycles. The summed E-state index contributed by atoms with van der Waals surface area (Å²) in [6.45, 7) is 0.738. The van der Waals surface area contributed by atoms with Gasteiger partial charge in [0.1, 0.15) is 0 Å². The summed E-state index contributed by atoms with van der Waals surface area (Å²) in [5, 5.41) is 4.89. The van der Waals surface area contributed by atoms with E-state index in [1.54, 1.807) is 0 Å². The van der Waals surface area contributed by atoms with E-state index in [2.05, 4.69) is 21.3 Å². The third-order valence-corrected chi connectivity index (χ3v) is 2.97. The van der Waals surface area contributed by atoms with Crippen LogP contribution in [0.25, 0.3) is 10.9 Å². The summed E-state index contributed by atoms with van der Waals surface area (Å²) in [5.74, 6) is 0. The van der Waals surface area contributed by atoms with Gasteiger partial charge in [0.25, 0.3) is 0 Å². The molecular weight excluding hydrogens is 234 g/mol. The van der Waals surface area contributed by atoms with Gasteiger partial charge in [-0.2, -0.15) is 0 Å². The SMILES string of the molecule is CNCc1cc(N(C)C)c2cccc(Cl)c2n1. The zero-order chi connectivity index (χ0) is 12.4. The third-order valence-electron chi connectivity index (χ3n) is 2.66. The fraction of sp³-hybridized carbons (Fsp3) is 0.308. The predicted molar refractivity (Wildman–Crippen MR) is 73.8 cm³/mol. The van der Waals surface area contributed by atoms with E-state index in [1.165, 1.54) is 0 Å². The predicted octanol–water partition coefficient (Wildman–Crippen LogP) is 2.67. The number of fused-ring (bicyclic) bond motifs is 1. The smallest absolute Gasteiger partial charge is 0.0912 e. The van der Waals surface area contributed by atoms with Crippen LogP contribution in [0.2, 0.25) is 5.02 Å². The Morgan fingerprint density at radius 3 is 2.76 bits per heavy atom. The molecule has 0 aliphatic carbocycles. The molecule has 90 valence electrons. The van der Waals surface area contributed by atoms with Gasteiger partial charge in [-0.05, 0) is 19.2 Å². The lowest BCUT2D eigenvalue weighted by Crippen LogP contribution is -2.12. The number of anilines is 1. The second-order valence-corrected chi connectivity index (χ2v) is 4.60. The molecule has 17 heavy (non-hydrogen) atoms. The number of benzene rings is 1. The van der Waals surface area contributed by atoms with Crippen LogP contribution in [0.1, 0.15) is 5.69 Å². The molecule has 0 amide bonds. The normalized spacial score (nSPS) is 10.8. The van der Waals surface area contributed by atoms with Crippen LogP contribution < -0.4 is 10.2 Å². The van der Waals surface area contributed by atoms with Crippen molar-refractivity contribution in [2.24, 2.45) is 0 Å². The molecule has 1 heterocycles. The maximum Gasteiger partial charge on any atom is 0.0912 e. The van der Waals surface area contributed by atoms with E-state index in [9.17, 15) is 0 Å². The molecular formula is C13H16ClN3. The number of nitrogens with one attached hydrogen (secondary N) is 1. The second-order valence-electron chi connectivity index (χ2n) is 4.19. The van der Waals surface area contributed by atoms with Gasteiger partial charge < -0.3 is 10.2 Å². The summed E-state index contributed by atoms with van der Waals surface area (Å²) in [4.78, 5) is 6.67. The lowest BCUT2D eigenvalue weighted by atomic mass is 10.1. The van der Waals surface area contributed by atoms with Gasteiger partial charge in [-0.25, -0.2) is 4.98 Å². The molecule has 0 unspecified atom stereocenters. The number of rotatable bonds is 3. The first-order valence-corrected chi connectivity index (χ1v) is 5.91. The van der Waals surface area contributed by atoms with E-state index in [0.717, 1.165) is 28.8 Å². The number of hydrogen-bond acceptors (Lipinski definition) is 3. The largest absolute Gasteiger partial charge is 0.377 e. The number of nitrogens with zero attached hydrogens (tertiary/aromatic N) is 2. The van der Waals surface area contributed by atoms with E-state index in [0.29, 0.717) is 5.02 Å². The Hall–Kier alpha value is -1.32. The van der Waals surface area contributed by atoms with Crippen LogP contribution in [-0.4, -0.2) is 26.1 Å². The summed E-state index contributed by atoms with van der Waals surface area (Å²) in [6.07, 6.45) is 0. The highest BCUT2D eigenvalue weighted by molar-refractivity contribution is 6.35. The van der Waals surface area contributed by atoms with Crippen molar-refractivity contribution in [1.82, 2.24) is 10.3 Å². The molecule has 0 aliphatic rings. The summed E-state index contributed by atoms with van der Waals surface area (Å²) >= 11 is 6.20. The Morgan fingerprint density at radius 1 is 1.35 bits per heavy atom. The highest BCUT2D eigenvalue weighted by atomic mass is 35.5. The fourth-order valence-electron chi connectivity index (χ4n) is 1.89. The summed E-state index contributed by atoms with van der Waals surface area (Å²) in [6, 6.07) is 7.97. The van der Waals surface area contributed by atoms with E-state index in [4.69, 9.17) is 11.6 Å². The Morgan fingerprint density at radius 2 is 2.12 bits per heavy atom. The average molecular weight is 250 g/mol. The molecule has 1 N–H and O–H groups in total. The summed E-state index contributed by atoms with van der Waals surface area (Å²) in [5.41, 5.74) is 3.00. The van der Waals surface area contributed by atoms with Crippen molar-refractivity contribution in [3.63, 3.8) is 0 Å². The monoisotopic (exact) mass is 249 g/mol. The van der Waals surface area contributed by atoms with E-state index in [-0.39, 0.29) is 0 Å². The molecule has 0 saturated heterocycles. The van der Waals surface area contributed by atoms with Gasteiger partial charge in [0.2, 0.25) is 0 Å². The van der Waals surface area contributed by atoms with Gasteiger partial charge in [-0.3, -0.25) is 0 Å². The number of para-hydroxylation sites is 1. The number of halogens is 1. The van der Waals surface area contributed by atoms with E-state index in [1.807, 2.05) is 39.3 Å². The van der Waals surface area contributed by atoms with Gasteiger partial charge in [0.05, 0.1) is 16.2 Å². The molecule has 0 fully saturated rings. The summed E-state index contributed by atoms with van der Waals surface area (Å²) < 4.78 is 0. The first-order chi connectivity index (χ1) is 8.13. The quantitative estimate of drug-likeness (QED) is 0.907. The van der Waals surface area contributed by atoms with E-state index < -0.39 is 0 Å². The standard InChI is InChI=1S/C13H16ClN3/c1-15-8-9-7-12(17(2)3)10-5-4-6-11(14)13(10)16-9/h4-7,15H,8H2,1-3H3. The molecule has 0 radical (unpaired) electrons. The molecule has 0 bridgehead atoms. The van der Waals surface area contributed by atoms with Gasteiger partial charge in [0.15, 0.2) is 0 Å². The molecule has 2 rings (SSSR count). The van der Waals surface area contributed by atoms with Crippen LogP contribution in [-0.2, 0) is 6.54 Å². The van der Waals surface area contributed by atoms with Gasteiger partial charge in [-0.15, -0.1) is 0 Å². The Bertz CT molecular complexity index is 537. The molecule has 4 heteroatoms. The molecule has 2 aromatic rings. The maximum absolute atomic E-state index is 6.20. The number of hydrogen-bond donors (Lipinski definition) is 1. The van der Waals surface area contributed by atoms with Crippen LogP contribution in [0.3, 0.4) is 0 Å². The molecule has 1 aromatic carbocycles. The minimum atomic E-state index is 0.698. The topological polar surface area (TPSA) is 28.2 Å². The minimum absolute atomic E-state index is 0.698. The van der Waals surface area contributed by atoms with Crippen molar-refractivity contribution in [3.05, 3.63) is 35.0 Å². The van der Waals surface area contributed by atoms with Crippen molar-refractivity contribution in [3.8, 4) is 0 Å². The Labute approximate surface area is 106 Å². The van der Waals surface area contributed by atoms with Crippen molar-refractivity contribution in [2.45, 2.75) is 6.54 Å². The van der Waals surface area contributed by atoms with E-state index >= 15 is 0 Å². The molecule has 3 nitrogen and oxygen atoms in total.